The van der Waals surface area contributed by atoms with Crippen molar-refractivity contribution in [3.63, 3.8) is 0 Å². The number of nitrogens with zero attached hydrogens (tertiary/aromatic N) is 1. The highest BCUT2D eigenvalue weighted by Gasteiger charge is 2.27. The van der Waals surface area contributed by atoms with Crippen molar-refractivity contribution in [3.05, 3.63) is 24.3 Å². The van der Waals surface area contributed by atoms with Crippen LogP contribution in [0.2, 0.25) is 0 Å². The van der Waals surface area contributed by atoms with Gasteiger partial charge in [-0.2, -0.15) is 0 Å². The molecule has 1 atom stereocenters. The SMILES string of the molecule is CCN1CCCC[C@H]1C(=O)Nc1ccc(NC(=O)NC(C)C)cc1. The van der Waals surface area contributed by atoms with Gasteiger partial charge in [-0.3, -0.25) is 9.69 Å². The molecule has 0 unspecified atom stereocenters. The first-order chi connectivity index (χ1) is 11.5. The van der Waals surface area contributed by atoms with Gasteiger partial charge in [0.25, 0.3) is 0 Å². The monoisotopic (exact) mass is 332 g/mol. The summed E-state index contributed by atoms with van der Waals surface area (Å²) in [4.78, 5) is 26.4. The molecule has 3 N–H and O–H groups in total. The van der Waals surface area contributed by atoms with E-state index < -0.39 is 0 Å². The topological polar surface area (TPSA) is 73.5 Å². The number of likely N-dealkylation sites (N-methyl/N-ethyl adjacent to an activating group) is 1. The van der Waals surface area contributed by atoms with Gasteiger partial charge in [-0.1, -0.05) is 13.3 Å². The molecule has 3 amide bonds. The van der Waals surface area contributed by atoms with Crippen molar-refractivity contribution in [1.82, 2.24) is 10.2 Å². The molecule has 24 heavy (non-hydrogen) atoms. The normalized spacial score (nSPS) is 18.2. The summed E-state index contributed by atoms with van der Waals surface area (Å²) in [6.07, 6.45) is 3.17. The van der Waals surface area contributed by atoms with E-state index in [-0.39, 0.29) is 24.0 Å². The molecule has 0 radical (unpaired) electrons. The standard InChI is InChI=1S/C18H28N4O2/c1-4-22-12-6-5-7-16(22)17(23)20-14-8-10-15(11-9-14)21-18(24)19-13(2)3/h8-11,13,16H,4-7,12H2,1-3H3,(H,20,23)(H2,19,21,24)/t16-/m0/s1. The summed E-state index contributed by atoms with van der Waals surface area (Å²) in [5.41, 5.74) is 1.44. The second-order valence-electron chi connectivity index (χ2n) is 6.46. The highest BCUT2D eigenvalue weighted by molar-refractivity contribution is 5.95. The highest BCUT2D eigenvalue weighted by atomic mass is 16.2. The third kappa shape index (κ3) is 5.23. The molecule has 6 nitrogen and oxygen atoms in total. The van der Waals surface area contributed by atoms with Gasteiger partial charge in [0.05, 0.1) is 6.04 Å². The number of amides is 3. The van der Waals surface area contributed by atoms with Crippen LogP contribution in [0.1, 0.15) is 40.0 Å². The second kappa shape index (κ2) is 8.68. The fourth-order valence-electron chi connectivity index (χ4n) is 2.96. The molecule has 1 aromatic carbocycles. The molecule has 1 aliphatic rings. The van der Waals surface area contributed by atoms with Gasteiger partial charge in [0, 0.05) is 17.4 Å². The zero-order chi connectivity index (χ0) is 17.5. The molecule has 2 rings (SSSR count). The van der Waals surface area contributed by atoms with E-state index in [4.69, 9.17) is 0 Å². The lowest BCUT2D eigenvalue weighted by Gasteiger charge is -2.33. The van der Waals surface area contributed by atoms with Crippen LogP contribution in [0.25, 0.3) is 0 Å². The van der Waals surface area contributed by atoms with Crippen LogP contribution in [0.15, 0.2) is 24.3 Å². The number of carbonyl (C=O) groups excluding carboxylic acids is 2. The number of rotatable bonds is 5. The van der Waals surface area contributed by atoms with Crippen molar-refractivity contribution in [2.75, 3.05) is 23.7 Å². The largest absolute Gasteiger partial charge is 0.336 e. The fourth-order valence-corrected chi connectivity index (χ4v) is 2.96. The number of nitrogens with one attached hydrogen (secondary N) is 3. The van der Waals surface area contributed by atoms with Crippen molar-refractivity contribution < 1.29 is 9.59 Å². The van der Waals surface area contributed by atoms with Crippen LogP contribution < -0.4 is 16.0 Å². The maximum Gasteiger partial charge on any atom is 0.319 e. The van der Waals surface area contributed by atoms with Gasteiger partial charge in [-0.25, -0.2) is 4.79 Å². The van der Waals surface area contributed by atoms with Crippen LogP contribution in [0.4, 0.5) is 16.2 Å². The summed E-state index contributed by atoms with van der Waals surface area (Å²) in [5, 5.41) is 8.51. The lowest BCUT2D eigenvalue weighted by molar-refractivity contribution is -0.122. The van der Waals surface area contributed by atoms with E-state index in [1.54, 1.807) is 12.1 Å². The van der Waals surface area contributed by atoms with Crippen molar-refractivity contribution in [2.45, 2.75) is 52.1 Å². The van der Waals surface area contributed by atoms with Gasteiger partial charge in [0.1, 0.15) is 0 Å². The summed E-state index contributed by atoms with van der Waals surface area (Å²) in [6, 6.07) is 6.99. The Labute approximate surface area is 144 Å². The summed E-state index contributed by atoms with van der Waals surface area (Å²) in [5.74, 6) is 0.0508. The maximum absolute atomic E-state index is 12.5. The van der Waals surface area contributed by atoms with Gasteiger partial charge in [-0.15, -0.1) is 0 Å². The van der Waals surface area contributed by atoms with Crippen LogP contribution in [0, 0.1) is 0 Å². The minimum absolute atomic E-state index is 0.0432. The van der Waals surface area contributed by atoms with Crippen LogP contribution >= 0.6 is 0 Å². The third-order valence-corrected chi connectivity index (χ3v) is 4.15. The van der Waals surface area contributed by atoms with Crippen molar-refractivity contribution >= 4 is 23.3 Å². The Morgan fingerprint density at radius 1 is 1.12 bits per heavy atom. The third-order valence-electron chi connectivity index (χ3n) is 4.15. The average Bonchev–Trinajstić information content (AvgIpc) is 2.55. The molecular weight excluding hydrogens is 304 g/mol. The molecule has 0 aromatic heterocycles. The van der Waals surface area contributed by atoms with Crippen LogP contribution in [-0.4, -0.2) is 42.0 Å². The molecule has 0 saturated carbocycles. The minimum atomic E-state index is -0.234. The Morgan fingerprint density at radius 3 is 2.33 bits per heavy atom. The molecule has 1 aromatic rings. The molecule has 1 fully saturated rings. The predicted molar refractivity (Wildman–Crippen MR) is 97.2 cm³/mol. The van der Waals surface area contributed by atoms with E-state index in [2.05, 4.69) is 27.8 Å². The van der Waals surface area contributed by atoms with E-state index >= 15 is 0 Å². The zero-order valence-electron chi connectivity index (χ0n) is 14.8. The van der Waals surface area contributed by atoms with Gasteiger partial charge in [0.15, 0.2) is 0 Å². The smallest absolute Gasteiger partial charge is 0.319 e. The molecule has 132 valence electrons. The first kappa shape index (κ1) is 18.3. The lowest BCUT2D eigenvalue weighted by atomic mass is 10.0. The Hall–Kier alpha value is -2.08. The Morgan fingerprint density at radius 2 is 1.75 bits per heavy atom. The summed E-state index contributed by atoms with van der Waals surface area (Å²) < 4.78 is 0. The van der Waals surface area contributed by atoms with E-state index in [1.807, 2.05) is 26.0 Å². The first-order valence-corrected chi connectivity index (χ1v) is 8.72. The number of hydrogen-bond acceptors (Lipinski definition) is 3. The molecule has 6 heteroatoms. The summed E-state index contributed by atoms with van der Waals surface area (Å²) in [7, 11) is 0. The molecular formula is C18H28N4O2. The second-order valence-corrected chi connectivity index (χ2v) is 6.46. The minimum Gasteiger partial charge on any atom is -0.336 e. The first-order valence-electron chi connectivity index (χ1n) is 8.72. The average molecular weight is 332 g/mol. The lowest BCUT2D eigenvalue weighted by Crippen LogP contribution is -2.46. The number of piperidine rings is 1. The van der Waals surface area contributed by atoms with Crippen molar-refractivity contribution in [2.24, 2.45) is 0 Å². The molecule has 0 aliphatic carbocycles. The molecule has 1 heterocycles. The Balaban J connectivity index is 1.91. The van der Waals surface area contributed by atoms with Crippen molar-refractivity contribution in [1.29, 1.82) is 0 Å². The van der Waals surface area contributed by atoms with Crippen LogP contribution in [0.3, 0.4) is 0 Å². The van der Waals surface area contributed by atoms with E-state index in [0.29, 0.717) is 5.69 Å². The number of likely N-dealkylation sites (tertiary alicyclic amines) is 1. The summed E-state index contributed by atoms with van der Waals surface area (Å²) >= 11 is 0. The fraction of sp³-hybridized carbons (Fsp3) is 0.556. The van der Waals surface area contributed by atoms with Gasteiger partial charge in [0.2, 0.25) is 5.91 Å². The van der Waals surface area contributed by atoms with Crippen LogP contribution in [-0.2, 0) is 4.79 Å². The van der Waals surface area contributed by atoms with Crippen molar-refractivity contribution in [3.8, 4) is 0 Å². The number of carbonyl (C=O) groups is 2. The molecule has 1 aliphatic heterocycles. The van der Waals surface area contributed by atoms with E-state index in [0.717, 1.165) is 38.0 Å². The number of benzene rings is 1. The van der Waals surface area contributed by atoms with E-state index in [9.17, 15) is 9.59 Å². The highest BCUT2D eigenvalue weighted by Crippen LogP contribution is 2.19. The zero-order valence-corrected chi connectivity index (χ0v) is 14.8. The Bertz CT molecular complexity index is 557. The van der Waals surface area contributed by atoms with Gasteiger partial charge < -0.3 is 16.0 Å². The van der Waals surface area contributed by atoms with Crippen LogP contribution in [0.5, 0.6) is 0 Å². The Kier molecular flexibility index (Phi) is 6.61. The maximum atomic E-state index is 12.5. The molecule has 1 saturated heterocycles. The molecule has 0 spiro atoms. The number of hydrogen-bond donors (Lipinski definition) is 3. The van der Waals surface area contributed by atoms with Gasteiger partial charge >= 0.3 is 6.03 Å². The molecule has 0 bridgehead atoms. The number of anilines is 2. The summed E-state index contributed by atoms with van der Waals surface area (Å²) in [6.45, 7) is 7.79. The predicted octanol–water partition coefficient (Wildman–Crippen LogP) is 3.03. The van der Waals surface area contributed by atoms with Gasteiger partial charge in [-0.05, 0) is 64.0 Å². The van der Waals surface area contributed by atoms with E-state index in [1.165, 1.54) is 0 Å². The number of urea groups is 1. The quantitative estimate of drug-likeness (QED) is 0.776.